The molecule has 2 amide bonds. The van der Waals surface area contributed by atoms with E-state index in [4.69, 9.17) is 9.47 Å². The van der Waals surface area contributed by atoms with E-state index >= 15 is 0 Å². The lowest BCUT2D eigenvalue weighted by molar-refractivity contribution is -0.122. The minimum atomic E-state index is -0.555. The second-order valence-electron chi connectivity index (χ2n) is 6.87. The summed E-state index contributed by atoms with van der Waals surface area (Å²) in [5.41, 5.74) is 3.26. The first-order valence-electron chi connectivity index (χ1n) is 9.58. The lowest BCUT2D eigenvalue weighted by atomic mass is 10.1. The van der Waals surface area contributed by atoms with Crippen LogP contribution >= 0.6 is 11.8 Å². The number of anilines is 1. The zero-order chi connectivity index (χ0) is 22.4. The number of thioether (sulfide) groups is 1. The Labute approximate surface area is 185 Å². The van der Waals surface area contributed by atoms with Crippen molar-refractivity contribution in [2.45, 2.75) is 25.5 Å². The number of amidine groups is 1. The molecular weight excluding hydrogens is 416 g/mol. The van der Waals surface area contributed by atoms with Crippen LogP contribution in [0, 0.1) is 6.92 Å². The fraction of sp³-hybridized carbons (Fsp3) is 0.273. The number of carbonyl (C=O) groups is 2. The van der Waals surface area contributed by atoms with Crippen molar-refractivity contribution in [2.24, 2.45) is 10.2 Å². The highest BCUT2D eigenvalue weighted by molar-refractivity contribution is 8.15. The molecule has 8 nitrogen and oxygen atoms in total. The maximum Gasteiger partial charge on any atom is 0.240 e. The highest BCUT2D eigenvalue weighted by Crippen LogP contribution is 2.28. The summed E-state index contributed by atoms with van der Waals surface area (Å²) in [5.74, 6) is 0.714. The Morgan fingerprint density at radius 1 is 1.13 bits per heavy atom. The third-order valence-corrected chi connectivity index (χ3v) is 5.65. The molecule has 1 saturated heterocycles. The molecule has 2 N–H and O–H groups in total. The summed E-state index contributed by atoms with van der Waals surface area (Å²) < 4.78 is 10.5. The van der Waals surface area contributed by atoms with Gasteiger partial charge in [0.25, 0.3) is 0 Å². The van der Waals surface area contributed by atoms with Gasteiger partial charge in [-0.1, -0.05) is 29.5 Å². The second kappa shape index (κ2) is 10.1. The SMILES string of the molecule is COc1ccc(/C(C)=N\N=C2/NC(=O)[C@H](CC(=O)Nc3ccc(C)cc3)S2)cc1OC. The first-order chi connectivity index (χ1) is 14.9. The van der Waals surface area contributed by atoms with Crippen molar-refractivity contribution >= 4 is 40.1 Å². The van der Waals surface area contributed by atoms with Crippen LogP contribution in [0.3, 0.4) is 0 Å². The predicted octanol–water partition coefficient (Wildman–Crippen LogP) is 3.35. The molecule has 0 aliphatic carbocycles. The molecule has 1 aliphatic rings. The highest BCUT2D eigenvalue weighted by atomic mass is 32.2. The molecule has 1 aliphatic heterocycles. The highest BCUT2D eigenvalue weighted by Gasteiger charge is 2.32. The molecule has 0 bridgehead atoms. The van der Waals surface area contributed by atoms with Crippen molar-refractivity contribution in [2.75, 3.05) is 19.5 Å². The van der Waals surface area contributed by atoms with Gasteiger partial charge in [0, 0.05) is 17.7 Å². The number of aryl methyl sites for hydroxylation is 1. The molecular formula is C22H24N4O4S. The Kier molecular flexibility index (Phi) is 7.30. The lowest BCUT2D eigenvalue weighted by Crippen LogP contribution is -2.28. The van der Waals surface area contributed by atoms with E-state index in [0.717, 1.165) is 11.1 Å². The fourth-order valence-corrected chi connectivity index (χ4v) is 3.76. The number of amides is 2. The van der Waals surface area contributed by atoms with Gasteiger partial charge in [-0.2, -0.15) is 5.10 Å². The van der Waals surface area contributed by atoms with Crippen LogP contribution in [-0.4, -0.2) is 42.2 Å². The van der Waals surface area contributed by atoms with E-state index < -0.39 is 5.25 Å². The van der Waals surface area contributed by atoms with Crippen LogP contribution in [0.15, 0.2) is 52.7 Å². The number of ether oxygens (including phenoxy) is 2. The molecule has 2 aromatic rings. The molecule has 1 heterocycles. The summed E-state index contributed by atoms with van der Waals surface area (Å²) in [7, 11) is 3.13. The molecule has 2 aromatic carbocycles. The number of methoxy groups -OCH3 is 2. The van der Waals surface area contributed by atoms with Gasteiger partial charge >= 0.3 is 0 Å². The smallest absolute Gasteiger partial charge is 0.240 e. The fourth-order valence-electron chi connectivity index (χ4n) is 2.84. The van der Waals surface area contributed by atoms with Crippen molar-refractivity contribution in [3.63, 3.8) is 0 Å². The van der Waals surface area contributed by atoms with Crippen LogP contribution in [-0.2, 0) is 9.59 Å². The summed E-state index contributed by atoms with van der Waals surface area (Å²) in [5, 5.41) is 13.6. The maximum absolute atomic E-state index is 12.3. The minimum Gasteiger partial charge on any atom is -0.493 e. The van der Waals surface area contributed by atoms with Gasteiger partial charge in [-0.05, 0) is 44.2 Å². The van der Waals surface area contributed by atoms with Gasteiger partial charge in [-0.15, -0.1) is 5.10 Å². The van der Waals surface area contributed by atoms with Crippen LogP contribution < -0.4 is 20.1 Å². The molecule has 0 spiro atoms. The topological polar surface area (TPSA) is 101 Å². The van der Waals surface area contributed by atoms with Gasteiger partial charge in [-0.25, -0.2) is 0 Å². The van der Waals surface area contributed by atoms with E-state index in [0.29, 0.717) is 28.1 Å². The third kappa shape index (κ3) is 5.85. The Bertz CT molecular complexity index is 1030. The molecule has 31 heavy (non-hydrogen) atoms. The largest absolute Gasteiger partial charge is 0.493 e. The summed E-state index contributed by atoms with van der Waals surface area (Å²) in [6.45, 7) is 3.78. The van der Waals surface area contributed by atoms with Crippen molar-refractivity contribution in [3.8, 4) is 11.5 Å². The predicted molar refractivity (Wildman–Crippen MR) is 123 cm³/mol. The van der Waals surface area contributed by atoms with E-state index in [-0.39, 0.29) is 18.2 Å². The second-order valence-corrected chi connectivity index (χ2v) is 8.07. The summed E-state index contributed by atoms with van der Waals surface area (Å²) in [6.07, 6.45) is 0.0434. The number of nitrogens with zero attached hydrogens (tertiary/aromatic N) is 2. The number of hydrogen-bond donors (Lipinski definition) is 2. The third-order valence-electron chi connectivity index (χ3n) is 4.57. The van der Waals surface area contributed by atoms with Crippen molar-refractivity contribution in [1.82, 2.24) is 5.32 Å². The van der Waals surface area contributed by atoms with Crippen molar-refractivity contribution in [1.29, 1.82) is 0 Å². The Hall–Kier alpha value is -3.33. The van der Waals surface area contributed by atoms with E-state index in [9.17, 15) is 9.59 Å². The summed E-state index contributed by atoms with van der Waals surface area (Å²) >= 11 is 1.19. The molecule has 9 heteroatoms. The molecule has 0 radical (unpaired) electrons. The van der Waals surface area contributed by atoms with Gasteiger partial charge in [0.1, 0.15) is 5.25 Å². The zero-order valence-corrected chi connectivity index (χ0v) is 18.6. The average Bonchev–Trinajstić information content (AvgIpc) is 3.12. The molecule has 1 fully saturated rings. The monoisotopic (exact) mass is 440 g/mol. The van der Waals surface area contributed by atoms with E-state index in [1.165, 1.54) is 11.8 Å². The number of rotatable bonds is 7. The molecule has 3 rings (SSSR count). The Balaban J connectivity index is 1.62. The van der Waals surface area contributed by atoms with Crippen LogP contribution in [0.4, 0.5) is 5.69 Å². The molecule has 0 unspecified atom stereocenters. The molecule has 0 saturated carbocycles. The first kappa shape index (κ1) is 22.4. The van der Waals surface area contributed by atoms with Crippen LogP contribution in [0.25, 0.3) is 0 Å². The van der Waals surface area contributed by atoms with Gasteiger partial charge < -0.3 is 20.1 Å². The van der Waals surface area contributed by atoms with Gasteiger partial charge in [0.05, 0.1) is 19.9 Å². The quantitative estimate of drug-likeness (QED) is 0.508. The van der Waals surface area contributed by atoms with Crippen LogP contribution in [0.1, 0.15) is 24.5 Å². The Morgan fingerprint density at radius 2 is 1.84 bits per heavy atom. The molecule has 1 atom stereocenters. The summed E-state index contributed by atoms with van der Waals surface area (Å²) in [4.78, 5) is 24.5. The first-order valence-corrected chi connectivity index (χ1v) is 10.5. The van der Waals surface area contributed by atoms with E-state index in [2.05, 4.69) is 20.8 Å². The Morgan fingerprint density at radius 3 is 2.52 bits per heavy atom. The maximum atomic E-state index is 12.3. The molecule has 162 valence electrons. The van der Waals surface area contributed by atoms with E-state index in [1.807, 2.05) is 37.3 Å². The normalized spacial score (nSPS) is 17.4. The van der Waals surface area contributed by atoms with Gasteiger partial charge in [0.15, 0.2) is 16.7 Å². The lowest BCUT2D eigenvalue weighted by Gasteiger charge is -2.08. The average molecular weight is 441 g/mol. The standard InChI is InChI=1S/C22H24N4O4S/c1-13-5-8-16(9-6-13)23-20(27)12-19-21(28)24-22(31-19)26-25-14(2)15-7-10-17(29-3)18(11-15)30-4/h5-11,19H,12H2,1-4H3,(H,23,27)(H,24,26,28)/b25-14-/t19-/m0/s1. The summed E-state index contributed by atoms with van der Waals surface area (Å²) in [6, 6.07) is 12.9. The van der Waals surface area contributed by atoms with E-state index in [1.54, 1.807) is 33.3 Å². The van der Waals surface area contributed by atoms with Crippen molar-refractivity contribution < 1.29 is 19.1 Å². The van der Waals surface area contributed by atoms with Crippen molar-refractivity contribution in [3.05, 3.63) is 53.6 Å². The number of carbonyl (C=O) groups excluding carboxylic acids is 2. The minimum absolute atomic E-state index is 0.0434. The number of benzene rings is 2. The zero-order valence-electron chi connectivity index (χ0n) is 17.8. The van der Waals surface area contributed by atoms with Crippen LogP contribution in [0.5, 0.6) is 11.5 Å². The number of nitrogens with one attached hydrogen (secondary N) is 2. The van der Waals surface area contributed by atoms with Crippen LogP contribution in [0.2, 0.25) is 0 Å². The molecule has 0 aromatic heterocycles. The van der Waals surface area contributed by atoms with Gasteiger partial charge in [0.2, 0.25) is 11.8 Å². The number of hydrogen-bond acceptors (Lipinski definition) is 7. The van der Waals surface area contributed by atoms with Gasteiger partial charge in [-0.3, -0.25) is 9.59 Å².